The van der Waals surface area contributed by atoms with Crippen LogP contribution < -0.4 is 15.4 Å². The van der Waals surface area contributed by atoms with E-state index in [1.54, 1.807) is 49.4 Å². The minimum absolute atomic E-state index is 0.0327. The summed E-state index contributed by atoms with van der Waals surface area (Å²) in [7, 11) is -1.95. The van der Waals surface area contributed by atoms with Gasteiger partial charge in [-0.3, -0.25) is 4.90 Å². The van der Waals surface area contributed by atoms with Gasteiger partial charge in [0.2, 0.25) is 0 Å². The number of sulfone groups is 1. The van der Waals surface area contributed by atoms with Crippen LogP contribution in [0.3, 0.4) is 0 Å². The predicted octanol–water partition coefficient (Wildman–Crippen LogP) is 5.09. The first-order valence-corrected chi connectivity index (χ1v) is 17.0. The maximum absolute atomic E-state index is 13.6. The Morgan fingerprint density at radius 1 is 1.11 bits per heavy atom. The molecule has 2 aliphatic heterocycles. The first kappa shape index (κ1) is 31.6. The van der Waals surface area contributed by atoms with E-state index < -0.39 is 22.6 Å². The van der Waals surface area contributed by atoms with Crippen LogP contribution in [0.1, 0.15) is 38.3 Å². The SMILES string of the molecule is CCS(=O)(=O)c1ccc(N(CC#Cc2cc3c(N)cccc3n2CC(F)(F)F)C2CCC(N3CC4(COC4)C3)CC2)c(OC)c1. The van der Waals surface area contributed by atoms with Gasteiger partial charge in [0.25, 0.3) is 0 Å². The number of fused-ring (bicyclic) bond motifs is 1. The zero-order valence-corrected chi connectivity index (χ0v) is 26.4. The second kappa shape index (κ2) is 12.1. The van der Waals surface area contributed by atoms with Crippen LogP contribution in [0.4, 0.5) is 24.5 Å². The third-order valence-electron chi connectivity index (χ3n) is 9.50. The molecular formula is C33H39F3N4O4S. The van der Waals surface area contributed by atoms with Crippen LogP contribution >= 0.6 is 0 Å². The lowest BCUT2D eigenvalue weighted by Crippen LogP contribution is -2.68. The van der Waals surface area contributed by atoms with Crippen molar-refractivity contribution in [3.8, 4) is 17.6 Å². The third kappa shape index (κ3) is 6.35. The molecule has 1 aliphatic carbocycles. The Bertz CT molecular complexity index is 1720. The number of anilines is 2. The summed E-state index contributed by atoms with van der Waals surface area (Å²) in [4.78, 5) is 4.85. The number of likely N-dealkylation sites (tertiary alicyclic amines) is 1. The first-order valence-electron chi connectivity index (χ1n) is 15.3. The van der Waals surface area contributed by atoms with E-state index in [0.717, 1.165) is 56.6 Å². The van der Waals surface area contributed by atoms with E-state index >= 15 is 0 Å². The van der Waals surface area contributed by atoms with Crippen molar-refractivity contribution in [1.29, 1.82) is 0 Å². The van der Waals surface area contributed by atoms with Crippen molar-refractivity contribution >= 4 is 32.1 Å². The van der Waals surface area contributed by atoms with Gasteiger partial charge in [-0.1, -0.05) is 18.9 Å². The normalized spacial score (nSPS) is 21.5. The van der Waals surface area contributed by atoms with E-state index in [0.29, 0.717) is 39.5 Å². The third-order valence-corrected chi connectivity index (χ3v) is 11.2. The smallest absolute Gasteiger partial charge is 0.406 e. The van der Waals surface area contributed by atoms with Crippen LogP contribution in [0.5, 0.6) is 5.75 Å². The fourth-order valence-corrected chi connectivity index (χ4v) is 7.92. The molecule has 45 heavy (non-hydrogen) atoms. The van der Waals surface area contributed by atoms with Crippen molar-refractivity contribution in [2.45, 2.75) is 62.3 Å². The van der Waals surface area contributed by atoms with Crippen LogP contribution in [-0.4, -0.2) is 81.9 Å². The number of nitrogens with two attached hydrogens (primary N) is 1. The highest BCUT2D eigenvalue weighted by Gasteiger charge is 2.51. The van der Waals surface area contributed by atoms with E-state index in [1.807, 2.05) is 0 Å². The predicted molar refractivity (Wildman–Crippen MR) is 168 cm³/mol. The Morgan fingerprint density at radius 2 is 1.84 bits per heavy atom. The molecule has 0 radical (unpaired) electrons. The lowest BCUT2D eigenvalue weighted by Gasteiger charge is -2.58. The van der Waals surface area contributed by atoms with Gasteiger partial charge in [-0.15, -0.1) is 0 Å². The van der Waals surface area contributed by atoms with E-state index in [9.17, 15) is 21.6 Å². The summed E-state index contributed by atoms with van der Waals surface area (Å²) in [6.45, 7) is 4.50. The van der Waals surface area contributed by atoms with E-state index in [1.165, 1.54) is 7.11 Å². The molecule has 1 saturated carbocycles. The second-order valence-corrected chi connectivity index (χ2v) is 14.8. The molecule has 3 fully saturated rings. The molecule has 0 amide bonds. The molecule has 3 aromatic rings. The fraction of sp³-hybridized carbons (Fsp3) is 0.515. The minimum atomic E-state index is -4.44. The van der Waals surface area contributed by atoms with Gasteiger partial charge >= 0.3 is 6.18 Å². The van der Waals surface area contributed by atoms with Crippen LogP contribution in [-0.2, 0) is 21.1 Å². The van der Waals surface area contributed by atoms with Gasteiger partial charge in [0.15, 0.2) is 9.84 Å². The minimum Gasteiger partial charge on any atom is -0.495 e. The van der Waals surface area contributed by atoms with Crippen molar-refractivity contribution in [1.82, 2.24) is 9.47 Å². The number of ether oxygens (including phenoxy) is 2. The zero-order chi connectivity index (χ0) is 32.0. The molecular weight excluding hydrogens is 605 g/mol. The Morgan fingerprint density at radius 3 is 2.47 bits per heavy atom. The largest absolute Gasteiger partial charge is 0.495 e. The van der Waals surface area contributed by atoms with Gasteiger partial charge < -0.3 is 24.7 Å². The number of nitrogen functional groups attached to an aromatic ring is 1. The van der Waals surface area contributed by atoms with E-state index in [2.05, 4.69) is 21.6 Å². The summed E-state index contributed by atoms with van der Waals surface area (Å²) in [6, 6.07) is 12.0. The molecule has 3 aliphatic rings. The molecule has 2 aromatic carbocycles. The number of rotatable bonds is 8. The molecule has 0 bridgehead atoms. The number of nitrogens with zero attached hydrogens (tertiary/aromatic N) is 3. The summed E-state index contributed by atoms with van der Waals surface area (Å²) in [5.74, 6) is 6.53. The number of alkyl halides is 3. The molecule has 2 N–H and O–H groups in total. The zero-order valence-electron chi connectivity index (χ0n) is 25.6. The van der Waals surface area contributed by atoms with Gasteiger partial charge in [0.1, 0.15) is 12.3 Å². The summed E-state index contributed by atoms with van der Waals surface area (Å²) >= 11 is 0. The Kier molecular flexibility index (Phi) is 8.48. The monoisotopic (exact) mass is 644 g/mol. The van der Waals surface area contributed by atoms with E-state index in [4.69, 9.17) is 15.2 Å². The Hall–Kier alpha value is -3.40. The number of hydrogen-bond donors (Lipinski definition) is 1. The Labute approximate surface area is 262 Å². The van der Waals surface area contributed by atoms with Crippen molar-refractivity contribution < 1.29 is 31.1 Å². The van der Waals surface area contributed by atoms with Crippen LogP contribution in [0.25, 0.3) is 10.9 Å². The molecule has 3 heterocycles. The lowest BCUT2D eigenvalue weighted by molar-refractivity contribution is -0.200. The van der Waals surface area contributed by atoms with Crippen molar-refractivity contribution in [2.24, 2.45) is 5.41 Å². The van der Waals surface area contributed by atoms with Gasteiger partial charge in [-0.05, 0) is 61.9 Å². The maximum Gasteiger partial charge on any atom is 0.406 e. The highest BCUT2D eigenvalue weighted by atomic mass is 32.2. The van der Waals surface area contributed by atoms with Gasteiger partial charge in [-0.2, -0.15) is 13.2 Å². The van der Waals surface area contributed by atoms with Crippen molar-refractivity contribution in [2.75, 3.05) is 56.3 Å². The first-order chi connectivity index (χ1) is 21.4. The van der Waals surface area contributed by atoms with Crippen LogP contribution in [0.15, 0.2) is 47.4 Å². The van der Waals surface area contributed by atoms with E-state index in [-0.39, 0.29) is 28.9 Å². The Balaban J connectivity index is 1.29. The van der Waals surface area contributed by atoms with Crippen LogP contribution in [0.2, 0.25) is 0 Å². The second-order valence-electron chi connectivity index (χ2n) is 12.5. The highest BCUT2D eigenvalue weighted by molar-refractivity contribution is 7.91. The number of halogens is 3. The molecule has 6 rings (SSSR count). The molecule has 1 aromatic heterocycles. The fourth-order valence-electron chi connectivity index (χ4n) is 7.02. The van der Waals surface area contributed by atoms with Crippen molar-refractivity contribution in [3.05, 3.63) is 48.2 Å². The molecule has 2 saturated heterocycles. The average Bonchev–Trinajstić information content (AvgIpc) is 3.31. The average molecular weight is 645 g/mol. The summed E-state index contributed by atoms with van der Waals surface area (Å²) in [5, 5.41) is 0.525. The lowest BCUT2D eigenvalue weighted by atomic mass is 9.75. The summed E-state index contributed by atoms with van der Waals surface area (Å²) in [6.07, 6.45) is -0.622. The number of hydrogen-bond acceptors (Lipinski definition) is 7. The molecule has 0 unspecified atom stereocenters. The molecule has 0 atom stereocenters. The summed E-state index contributed by atoms with van der Waals surface area (Å²) < 4.78 is 78.3. The topological polar surface area (TPSA) is 90.0 Å². The highest BCUT2D eigenvalue weighted by Crippen LogP contribution is 2.42. The van der Waals surface area contributed by atoms with Gasteiger partial charge in [-0.25, -0.2) is 8.42 Å². The van der Waals surface area contributed by atoms with Crippen molar-refractivity contribution in [3.63, 3.8) is 0 Å². The molecule has 8 nitrogen and oxygen atoms in total. The molecule has 12 heteroatoms. The van der Waals surface area contributed by atoms with Gasteiger partial charge in [0, 0.05) is 47.7 Å². The standard InChI is InChI=1S/C33H39F3N4O4S/c1-3-45(41,42)26-13-14-30(31(17-26)43-2)39(24-11-9-23(10-12-24)38-18-32(19-38)21-44-22-32)15-5-6-25-16-27-28(37)7-4-8-29(27)40(25)20-33(34,35)36/h4,7-8,13-14,16-17,23-24H,3,9-12,15,18-22,37H2,1-2H3. The molecule has 242 valence electrons. The maximum atomic E-state index is 13.6. The van der Waals surface area contributed by atoms with Crippen LogP contribution in [0, 0.1) is 17.3 Å². The number of benzene rings is 2. The quantitative estimate of drug-likeness (QED) is 0.270. The van der Waals surface area contributed by atoms with Gasteiger partial charge in [0.05, 0.1) is 54.4 Å². The number of methoxy groups -OCH3 is 1. The summed E-state index contributed by atoms with van der Waals surface area (Å²) in [5.41, 5.74) is 8.15. The number of aromatic nitrogens is 1. The molecule has 1 spiro atoms.